The number of halogens is 2. The van der Waals surface area contributed by atoms with Crippen molar-refractivity contribution in [3.63, 3.8) is 0 Å². The number of aromatic nitrogens is 3. The molecular formula is C15H11Cl2N5. The number of hydrogen-bond donors (Lipinski definition) is 2. The minimum absolute atomic E-state index is 0.324. The Hall–Kier alpha value is -2.37. The summed E-state index contributed by atoms with van der Waals surface area (Å²) in [5.41, 5.74) is 1.53. The van der Waals surface area contributed by atoms with Crippen molar-refractivity contribution >= 4 is 46.3 Å². The van der Waals surface area contributed by atoms with Crippen LogP contribution in [0, 0.1) is 0 Å². The predicted molar refractivity (Wildman–Crippen MR) is 89.3 cm³/mol. The summed E-state index contributed by atoms with van der Waals surface area (Å²) in [7, 11) is 0. The van der Waals surface area contributed by atoms with E-state index < -0.39 is 0 Å². The minimum atomic E-state index is 0.324. The van der Waals surface area contributed by atoms with Crippen molar-refractivity contribution in [1.82, 2.24) is 15.2 Å². The van der Waals surface area contributed by atoms with Gasteiger partial charge in [-0.2, -0.15) is 10.1 Å². The van der Waals surface area contributed by atoms with Crippen molar-refractivity contribution < 1.29 is 0 Å². The maximum atomic E-state index is 6.13. The molecule has 110 valence electrons. The molecule has 0 radical (unpaired) electrons. The first-order chi connectivity index (χ1) is 10.7. The number of rotatable bonds is 4. The second-order valence-corrected chi connectivity index (χ2v) is 5.17. The number of para-hydroxylation sites is 1. The summed E-state index contributed by atoms with van der Waals surface area (Å²) >= 11 is 12.1. The van der Waals surface area contributed by atoms with Crippen molar-refractivity contribution in [3.8, 4) is 0 Å². The van der Waals surface area contributed by atoms with Crippen LogP contribution < -0.4 is 10.6 Å². The summed E-state index contributed by atoms with van der Waals surface area (Å²) in [6.07, 6.45) is 1.54. The Morgan fingerprint density at radius 2 is 1.68 bits per heavy atom. The predicted octanol–water partition coefficient (Wildman–Crippen LogP) is 4.67. The fraction of sp³-hybridized carbons (Fsp3) is 0. The van der Waals surface area contributed by atoms with Gasteiger partial charge in [0.1, 0.15) is 0 Å². The number of anilines is 4. The molecule has 3 aromatic rings. The lowest BCUT2D eigenvalue weighted by Crippen LogP contribution is -2.02. The molecule has 0 bridgehead atoms. The lowest BCUT2D eigenvalue weighted by molar-refractivity contribution is 0.982. The van der Waals surface area contributed by atoms with Crippen LogP contribution in [0.25, 0.3) is 0 Å². The zero-order chi connectivity index (χ0) is 15.4. The molecule has 1 heterocycles. The third-order valence-electron chi connectivity index (χ3n) is 2.80. The molecule has 0 unspecified atom stereocenters. The molecule has 2 N–H and O–H groups in total. The molecule has 0 spiro atoms. The standard InChI is InChI=1S/C15H11Cl2N5/c16-11-7-4-8-12(14(11)17)20-15-21-13(9-18-22-15)19-10-5-2-1-3-6-10/h1-9H,(H2,19,20,21,22). The van der Waals surface area contributed by atoms with E-state index in [1.165, 1.54) is 6.20 Å². The Kier molecular flexibility index (Phi) is 4.37. The van der Waals surface area contributed by atoms with E-state index in [0.717, 1.165) is 5.69 Å². The molecule has 0 amide bonds. The van der Waals surface area contributed by atoms with E-state index in [9.17, 15) is 0 Å². The van der Waals surface area contributed by atoms with Crippen molar-refractivity contribution in [3.05, 3.63) is 64.8 Å². The van der Waals surface area contributed by atoms with E-state index >= 15 is 0 Å². The van der Waals surface area contributed by atoms with Gasteiger partial charge in [0.05, 0.1) is 21.9 Å². The van der Waals surface area contributed by atoms with Crippen LogP contribution in [0.3, 0.4) is 0 Å². The Morgan fingerprint density at radius 1 is 0.864 bits per heavy atom. The van der Waals surface area contributed by atoms with Crippen LogP contribution in [0.2, 0.25) is 10.0 Å². The third-order valence-corrected chi connectivity index (χ3v) is 3.62. The molecule has 2 aromatic carbocycles. The number of nitrogens with zero attached hydrogens (tertiary/aromatic N) is 3. The largest absolute Gasteiger partial charge is 0.339 e. The van der Waals surface area contributed by atoms with Crippen LogP contribution in [0.4, 0.5) is 23.1 Å². The van der Waals surface area contributed by atoms with E-state index in [0.29, 0.717) is 27.5 Å². The lowest BCUT2D eigenvalue weighted by Gasteiger charge is -2.09. The molecule has 0 aliphatic rings. The maximum absolute atomic E-state index is 6.13. The highest BCUT2D eigenvalue weighted by Crippen LogP contribution is 2.30. The van der Waals surface area contributed by atoms with Crippen molar-refractivity contribution in [1.29, 1.82) is 0 Å². The molecule has 3 rings (SSSR count). The SMILES string of the molecule is Clc1cccc(Nc2nncc(Nc3ccccc3)n2)c1Cl. The van der Waals surface area contributed by atoms with Crippen LogP contribution in [0.5, 0.6) is 0 Å². The maximum Gasteiger partial charge on any atom is 0.249 e. The normalized spacial score (nSPS) is 10.3. The van der Waals surface area contributed by atoms with Gasteiger partial charge in [-0.3, -0.25) is 0 Å². The molecule has 22 heavy (non-hydrogen) atoms. The highest BCUT2D eigenvalue weighted by molar-refractivity contribution is 6.43. The molecule has 5 nitrogen and oxygen atoms in total. The zero-order valence-electron chi connectivity index (χ0n) is 11.3. The molecule has 7 heteroatoms. The fourth-order valence-corrected chi connectivity index (χ4v) is 2.15. The minimum Gasteiger partial charge on any atom is -0.339 e. The van der Waals surface area contributed by atoms with Gasteiger partial charge in [0.15, 0.2) is 5.82 Å². The van der Waals surface area contributed by atoms with Crippen molar-refractivity contribution in [2.45, 2.75) is 0 Å². The van der Waals surface area contributed by atoms with E-state index in [4.69, 9.17) is 23.2 Å². The monoisotopic (exact) mass is 331 g/mol. The highest BCUT2D eigenvalue weighted by atomic mass is 35.5. The van der Waals surface area contributed by atoms with Gasteiger partial charge in [-0.15, -0.1) is 5.10 Å². The van der Waals surface area contributed by atoms with E-state index in [2.05, 4.69) is 25.8 Å². The molecule has 1 aromatic heterocycles. The first-order valence-corrected chi connectivity index (χ1v) is 7.21. The van der Waals surface area contributed by atoms with Crippen molar-refractivity contribution in [2.24, 2.45) is 0 Å². The van der Waals surface area contributed by atoms with E-state index in [-0.39, 0.29) is 0 Å². The van der Waals surface area contributed by atoms with Gasteiger partial charge >= 0.3 is 0 Å². The second kappa shape index (κ2) is 6.60. The molecule has 0 aliphatic carbocycles. The Balaban J connectivity index is 1.81. The first-order valence-electron chi connectivity index (χ1n) is 6.45. The van der Waals surface area contributed by atoms with Gasteiger partial charge in [0, 0.05) is 5.69 Å². The summed E-state index contributed by atoms with van der Waals surface area (Å²) in [6.45, 7) is 0. The molecule has 0 aliphatic heterocycles. The van der Waals surface area contributed by atoms with Crippen LogP contribution in [-0.4, -0.2) is 15.2 Å². The van der Waals surface area contributed by atoms with Gasteiger partial charge in [-0.05, 0) is 24.3 Å². The number of nitrogens with one attached hydrogen (secondary N) is 2. The van der Waals surface area contributed by atoms with Crippen LogP contribution in [0.15, 0.2) is 54.7 Å². The van der Waals surface area contributed by atoms with Crippen LogP contribution in [0.1, 0.15) is 0 Å². The Labute approximate surface area is 137 Å². The smallest absolute Gasteiger partial charge is 0.249 e. The number of hydrogen-bond acceptors (Lipinski definition) is 5. The highest BCUT2D eigenvalue weighted by Gasteiger charge is 2.07. The van der Waals surface area contributed by atoms with Crippen LogP contribution in [-0.2, 0) is 0 Å². The van der Waals surface area contributed by atoms with Gasteiger partial charge in [-0.25, -0.2) is 0 Å². The third kappa shape index (κ3) is 3.44. The number of benzene rings is 2. The van der Waals surface area contributed by atoms with E-state index in [1.807, 2.05) is 30.3 Å². The Bertz CT molecular complexity index is 780. The quantitative estimate of drug-likeness (QED) is 0.727. The van der Waals surface area contributed by atoms with Crippen molar-refractivity contribution in [2.75, 3.05) is 10.6 Å². The summed E-state index contributed by atoms with van der Waals surface area (Å²) in [6, 6.07) is 15.0. The molecule has 0 atom stereocenters. The van der Waals surface area contributed by atoms with Gasteiger partial charge in [0.25, 0.3) is 0 Å². The molecule has 0 saturated heterocycles. The molecule has 0 saturated carbocycles. The summed E-state index contributed by atoms with van der Waals surface area (Å²) in [5, 5.41) is 14.9. The summed E-state index contributed by atoms with van der Waals surface area (Å²) < 4.78 is 0. The van der Waals surface area contributed by atoms with Gasteiger partial charge in [0.2, 0.25) is 5.95 Å². The zero-order valence-corrected chi connectivity index (χ0v) is 12.8. The Morgan fingerprint density at radius 3 is 2.50 bits per heavy atom. The lowest BCUT2D eigenvalue weighted by atomic mass is 10.3. The average Bonchev–Trinajstić information content (AvgIpc) is 2.53. The summed E-state index contributed by atoms with van der Waals surface area (Å²) in [4.78, 5) is 4.34. The van der Waals surface area contributed by atoms with Gasteiger partial charge in [-0.1, -0.05) is 47.5 Å². The fourth-order valence-electron chi connectivity index (χ4n) is 1.81. The summed E-state index contributed by atoms with van der Waals surface area (Å²) in [5.74, 6) is 0.895. The second-order valence-electron chi connectivity index (χ2n) is 4.38. The van der Waals surface area contributed by atoms with Gasteiger partial charge < -0.3 is 10.6 Å². The van der Waals surface area contributed by atoms with Crippen LogP contribution >= 0.6 is 23.2 Å². The molecule has 0 fully saturated rings. The topological polar surface area (TPSA) is 62.7 Å². The average molecular weight is 332 g/mol. The van der Waals surface area contributed by atoms with E-state index in [1.54, 1.807) is 18.2 Å². The first kappa shape index (κ1) is 14.6. The molecular weight excluding hydrogens is 321 g/mol.